The van der Waals surface area contributed by atoms with E-state index in [0.29, 0.717) is 0 Å². The molecule has 0 saturated carbocycles. The van der Waals surface area contributed by atoms with Crippen LogP contribution in [-0.2, 0) is 0 Å². The Balaban J connectivity index is 0.000000846. The van der Waals surface area contributed by atoms with Crippen LogP contribution in [0.2, 0.25) is 0 Å². The minimum absolute atomic E-state index is 0. The van der Waals surface area contributed by atoms with Crippen molar-refractivity contribution in [2.24, 2.45) is 0 Å². The van der Waals surface area contributed by atoms with Gasteiger partial charge in [-0.15, -0.1) is 21.9 Å². The maximum absolute atomic E-state index is 15.4. The van der Waals surface area contributed by atoms with Crippen molar-refractivity contribution in [1.82, 2.24) is 0 Å². The molecule has 0 radical (unpaired) electrons. The third-order valence-electron chi connectivity index (χ3n) is 7.58. The van der Waals surface area contributed by atoms with Gasteiger partial charge in [0.05, 0.1) is 0 Å². The monoisotopic (exact) mass is 786 g/mol. The van der Waals surface area contributed by atoms with Crippen LogP contribution >= 0.6 is 0 Å². The molecule has 1 aliphatic carbocycles. The molecule has 282 valence electrons. The summed E-state index contributed by atoms with van der Waals surface area (Å²) < 4.78 is 294. The van der Waals surface area contributed by atoms with Gasteiger partial charge in [-0.3, -0.25) is 0 Å². The molecule has 1 aliphatic rings. The van der Waals surface area contributed by atoms with Gasteiger partial charge in [-0.25, -0.2) is 87.8 Å². The number of benzene rings is 4. The molecule has 0 aromatic heterocycles. The van der Waals surface area contributed by atoms with Crippen LogP contribution in [0.5, 0.6) is 0 Å². The van der Waals surface area contributed by atoms with Gasteiger partial charge >= 0.3 is 0 Å². The molecule has 0 saturated heterocycles. The van der Waals surface area contributed by atoms with Crippen LogP contribution in [0, 0.1) is 124 Å². The molecule has 53 heavy (non-hydrogen) atoms. The van der Waals surface area contributed by atoms with Gasteiger partial charge in [-0.05, 0) is 6.42 Å². The Morgan fingerprint density at radius 1 is 0.245 bits per heavy atom. The SMILES string of the molecule is C1=CC=CCC=C1.Fc1c(F)c(F)c([B-](c2c(F)c(F)c(F)c(F)c2F)(c2c(F)c(F)c(F)c(F)c2F)c2c(F)c(F)c(F)c(F)c2F)c(F)c1F.[CH3+]. The topological polar surface area (TPSA) is 0 Å². The van der Waals surface area contributed by atoms with E-state index < -0.39 is 144 Å². The Hall–Kier alpha value is -5.37. The summed E-state index contributed by atoms with van der Waals surface area (Å²) in [6, 6.07) is 0. The van der Waals surface area contributed by atoms with Crippen molar-refractivity contribution in [3.63, 3.8) is 0 Å². The predicted octanol–water partition coefficient (Wildman–Crippen LogP) is 8.35. The van der Waals surface area contributed by atoms with E-state index in [0.717, 1.165) is 6.42 Å². The van der Waals surface area contributed by atoms with Crippen molar-refractivity contribution in [3.8, 4) is 0 Å². The third-order valence-corrected chi connectivity index (χ3v) is 7.58. The minimum Gasteiger partial charge on any atom is -0.207 e. The first-order valence-electron chi connectivity index (χ1n) is 13.4. The fourth-order valence-corrected chi connectivity index (χ4v) is 5.40. The second-order valence-electron chi connectivity index (χ2n) is 10.3. The summed E-state index contributed by atoms with van der Waals surface area (Å²) in [7, 11) is 0. The normalized spacial score (nSPS) is 12.5. The van der Waals surface area contributed by atoms with Crippen LogP contribution in [0.3, 0.4) is 0 Å². The zero-order valence-corrected chi connectivity index (χ0v) is 25.3. The smallest absolute Gasteiger partial charge is 0.200 e. The van der Waals surface area contributed by atoms with E-state index in [2.05, 4.69) is 24.3 Å². The molecule has 0 unspecified atom stereocenters. The first kappa shape index (κ1) is 42.1. The van der Waals surface area contributed by atoms with Crippen molar-refractivity contribution in [1.29, 1.82) is 0 Å². The van der Waals surface area contributed by atoms with Gasteiger partial charge in [0, 0.05) is 7.43 Å². The zero-order chi connectivity index (χ0) is 39.3. The summed E-state index contributed by atoms with van der Waals surface area (Å²) in [4.78, 5) is 0. The summed E-state index contributed by atoms with van der Waals surface area (Å²) in [5, 5.41) is 0. The minimum atomic E-state index is -7.22. The molecule has 0 amide bonds. The third kappa shape index (κ3) is 6.28. The lowest BCUT2D eigenvalue weighted by atomic mass is 9.12. The lowest BCUT2D eigenvalue weighted by Gasteiger charge is -2.44. The summed E-state index contributed by atoms with van der Waals surface area (Å²) in [6.45, 7) is 0. The van der Waals surface area contributed by atoms with Crippen LogP contribution in [-0.4, -0.2) is 6.15 Å². The lowest BCUT2D eigenvalue weighted by molar-refractivity contribution is 0.378. The van der Waals surface area contributed by atoms with Crippen molar-refractivity contribution in [2.45, 2.75) is 6.42 Å². The Bertz CT molecular complexity index is 1830. The van der Waals surface area contributed by atoms with E-state index >= 15 is 35.1 Å². The fourth-order valence-electron chi connectivity index (χ4n) is 5.40. The molecule has 4 aromatic carbocycles. The van der Waals surface area contributed by atoms with Gasteiger partial charge in [0.15, 0.2) is 69.8 Å². The fraction of sp³-hybridized carbons (Fsp3) is 0.0312. The predicted molar refractivity (Wildman–Crippen MR) is 148 cm³/mol. The quantitative estimate of drug-likeness (QED) is 0.0642. The van der Waals surface area contributed by atoms with Crippen LogP contribution in [0.4, 0.5) is 87.8 Å². The highest BCUT2D eigenvalue weighted by molar-refractivity contribution is 7.20. The molecule has 4 aromatic rings. The standard InChI is InChI=1S/C24BF20.C7H8.CH3/c26-5-1(6(27)14(35)21(42)13(5)34)25(2-7(28)15(36)22(43)16(37)8(2)29,3-9(30)17(38)23(44)18(39)10(3)31)4-11(32)19(40)24(45)20(41)12(4)33;1-2-4-6-7-5-3-1;/h;1-6H,7H2;1H3/q-1;;+1. The van der Waals surface area contributed by atoms with Crippen LogP contribution in [0.25, 0.3) is 0 Å². The van der Waals surface area contributed by atoms with Gasteiger partial charge in [0.25, 0.3) is 0 Å². The average Bonchev–Trinajstić information content (AvgIpc) is 3.45. The molecule has 0 aliphatic heterocycles. The molecule has 0 bridgehead atoms. The van der Waals surface area contributed by atoms with E-state index in [9.17, 15) is 52.7 Å². The summed E-state index contributed by atoms with van der Waals surface area (Å²) in [6.07, 6.45) is 6.28. The van der Waals surface area contributed by atoms with Crippen molar-refractivity contribution in [2.75, 3.05) is 0 Å². The Labute approximate surface area is 282 Å². The number of hydrogen-bond donors (Lipinski definition) is 0. The highest BCUT2D eigenvalue weighted by Gasteiger charge is 2.52. The highest BCUT2D eigenvalue weighted by atomic mass is 19.2. The van der Waals surface area contributed by atoms with Crippen LogP contribution in [0.1, 0.15) is 6.42 Å². The van der Waals surface area contributed by atoms with E-state index in [1.807, 2.05) is 12.2 Å². The summed E-state index contributed by atoms with van der Waals surface area (Å²) in [5.74, 6) is -71.4. The second kappa shape index (κ2) is 15.3. The second-order valence-corrected chi connectivity index (χ2v) is 10.3. The van der Waals surface area contributed by atoms with Crippen LogP contribution < -0.4 is 21.9 Å². The van der Waals surface area contributed by atoms with Gasteiger partial charge in [-0.2, -0.15) is 0 Å². The Morgan fingerprint density at radius 2 is 0.396 bits per heavy atom. The number of hydrogen-bond acceptors (Lipinski definition) is 0. The van der Waals surface area contributed by atoms with Gasteiger partial charge in [0.2, 0.25) is 0 Å². The summed E-state index contributed by atoms with van der Waals surface area (Å²) >= 11 is 0. The van der Waals surface area contributed by atoms with Gasteiger partial charge in [-0.1, -0.05) is 36.5 Å². The van der Waals surface area contributed by atoms with E-state index in [-0.39, 0.29) is 7.43 Å². The Kier molecular flexibility index (Phi) is 12.2. The van der Waals surface area contributed by atoms with Crippen molar-refractivity contribution < 1.29 is 87.8 Å². The van der Waals surface area contributed by atoms with Crippen molar-refractivity contribution in [3.05, 3.63) is 160 Å². The summed E-state index contributed by atoms with van der Waals surface area (Å²) in [5.41, 5.74) is -14.3. The van der Waals surface area contributed by atoms with Crippen LogP contribution in [0.15, 0.2) is 36.5 Å². The molecular weight excluding hydrogens is 775 g/mol. The number of halogens is 20. The molecule has 21 heteroatoms. The van der Waals surface area contributed by atoms with Gasteiger partial charge in [0.1, 0.15) is 52.7 Å². The number of allylic oxidation sites excluding steroid dienone is 6. The molecule has 0 fully saturated rings. The largest absolute Gasteiger partial charge is 0.207 e. The first-order chi connectivity index (χ1) is 24.2. The maximum Gasteiger partial charge on any atom is 0.200 e. The van der Waals surface area contributed by atoms with Crippen molar-refractivity contribution >= 4 is 28.0 Å². The molecular formula is C32H11BF20. The molecule has 0 heterocycles. The van der Waals surface area contributed by atoms with E-state index in [1.54, 1.807) is 0 Å². The van der Waals surface area contributed by atoms with Gasteiger partial charge < -0.3 is 0 Å². The van der Waals surface area contributed by atoms with E-state index in [1.165, 1.54) is 0 Å². The number of rotatable bonds is 4. The highest BCUT2D eigenvalue weighted by Crippen LogP contribution is 2.30. The molecule has 0 spiro atoms. The first-order valence-corrected chi connectivity index (χ1v) is 13.4. The molecule has 0 nitrogen and oxygen atoms in total. The molecule has 5 rings (SSSR count). The average molecular weight is 786 g/mol. The molecule has 0 atom stereocenters. The zero-order valence-electron chi connectivity index (χ0n) is 25.3. The maximum atomic E-state index is 15.4. The lowest BCUT2D eigenvalue weighted by Crippen LogP contribution is -2.81. The van der Waals surface area contributed by atoms with E-state index in [4.69, 9.17) is 0 Å². The molecule has 0 N–H and O–H groups in total. The Morgan fingerprint density at radius 3 is 0.566 bits per heavy atom.